The lowest BCUT2D eigenvalue weighted by atomic mass is 10.4. The normalized spacial score (nSPS) is 13.8. The van der Waals surface area contributed by atoms with Crippen LogP contribution in [-0.2, 0) is 10.0 Å². The number of hydrogen-bond donors (Lipinski definition) is 2. The Hall–Kier alpha value is -0.620. The summed E-state index contributed by atoms with van der Waals surface area (Å²) in [6.45, 7) is 1.32. The highest BCUT2D eigenvalue weighted by Crippen LogP contribution is 2.15. The third-order valence-electron chi connectivity index (χ3n) is 1.74. The fraction of sp³-hybridized carbons (Fsp3) is 0.333. The standard InChI is InChI=1S/C9H12ClNO3S/c1-7(6-12)11-15(13,14)9-4-2-3-8(10)5-9/h2-5,7,11-12H,6H2,1H3/t7-/m0/s1. The molecule has 4 nitrogen and oxygen atoms in total. The molecule has 1 atom stereocenters. The zero-order valence-electron chi connectivity index (χ0n) is 8.14. The number of sulfonamides is 1. The van der Waals surface area contributed by atoms with Gasteiger partial charge in [-0.25, -0.2) is 13.1 Å². The largest absolute Gasteiger partial charge is 0.395 e. The van der Waals surface area contributed by atoms with E-state index in [9.17, 15) is 8.42 Å². The fourth-order valence-corrected chi connectivity index (χ4v) is 2.54. The van der Waals surface area contributed by atoms with E-state index in [0.29, 0.717) is 5.02 Å². The van der Waals surface area contributed by atoms with Crippen molar-refractivity contribution >= 4 is 21.6 Å². The van der Waals surface area contributed by atoms with Crippen LogP contribution < -0.4 is 4.72 Å². The molecule has 0 saturated carbocycles. The van der Waals surface area contributed by atoms with Crippen molar-refractivity contribution in [1.29, 1.82) is 0 Å². The molecule has 15 heavy (non-hydrogen) atoms. The van der Waals surface area contributed by atoms with Gasteiger partial charge in [-0.3, -0.25) is 0 Å². The lowest BCUT2D eigenvalue weighted by Crippen LogP contribution is -2.34. The molecule has 0 fully saturated rings. The van der Waals surface area contributed by atoms with E-state index in [1.165, 1.54) is 12.1 Å². The predicted molar refractivity (Wildman–Crippen MR) is 58.3 cm³/mol. The molecular weight excluding hydrogens is 238 g/mol. The lowest BCUT2D eigenvalue weighted by molar-refractivity contribution is 0.265. The second-order valence-electron chi connectivity index (χ2n) is 3.16. The van der Waals surface area contributed by atoms with Crippen LogP contribution in [0.2, 0.25) is 5.02 Å². The summed E-state index contributed by atoms with van der Waals surface area (Å²) >= 11 is 5.68. The van der Waals surface area contributed by atoms with Crippen LogP contribution in [0.25, 0.3) is 0 Å². The molecule has 84 valence electrons. The molecule has 0 bridgehead atoms. The minimum absolute atomic E-state index is 0.0929. The SMILES string of the molecule is C[C@@H](CO)NS(=O)(=O)c1cccc(Cl)c1. The van der Waals surface area contributed by atoms with Gasteiger partial charge >= 0.3 is 0 Å². The molecule has 0 radical (unpaired) electrons. The number of halogens is 1. The van der Waals surface area contributed by atoms with Crippen molar-refractivity contribution < 1.29 is 13.5 Å². The molecule has 6 heteroatoms. The quantitative estimate of drug-likeness (QED) is 0.837. The Labute approximate surface area is 93.9 Å². The van der Waals surface area contributed by atoms with Crippen molar-refractivity contribution in [2.45, 2.75) is 17.9 Å². The third kappa shape index (κ3) is 3.46. The van der Waals surface area contributed by atoms with Gasteiger partial charge in [0.25, 0.3) is 0 Å². The molecule has 1 rings (SSSR count). The highest BCUT2D eigenvalue weighted by atomic mass is 35.5. The first-order chi connectivity index (χ1) is 6.95. The van der Waals surface area contributed by atoms with Gasteiger partial charge in [-0.2, -0.15) is 0 Å². The van der Waals surface area contributed by atoms with Crippen LogP contribution in [0, 0.1) is 0 Å². The Morgan fingerprint density at radius 3 is 2.73 bits per heavy atom. The Morgan fingerprint density at radius 1 is 1.53 bits per heavy atom. The Kier molecular flexibility index (Phi) is 4.10. The van der Waals surface area contributed by atoms with Gasteiger partial charge in [-0.15, -0.1) is 0 Å². The van der Waals surface area contributed by atoms with E-state index in [4.69, 9.17) is 16.7 Å². The number of benzene rings is 1. The molecule has 0 aromatic heterocycles. The minimum atomic E-state index is -3.59. The van der Waals surface area contributed by atoms with Gasteiger partial charge in [0.2, 0.25) is 10.0 Å². The van der Waals surface area contributed by atoms with Gasteiger partial charge in [0, 0.05) is 11.1 Å². The maximum Gasteiger partial charge on any atom is 0.240 e. The number of rotatable bonds is 4. The first-order valence-corrected chi connectivity index (χ1v) is 6.20. The van der Waals surface area contributed by atoms with Gasteiger partial charge in [-0.1, -0.05) is 17.7 Å². The van der Waals surface area contributed by atoms with Crippen LogP contribution in [-0.4, -0.2) is 26.2 Å². The summed E-state index contributed by atoms with van der Waals surface area (Å²) in [7, 11) is -3.59. The van der Waals surface area contributed by atoms with Gasteiger partial charge < -0.3 is 5.11 Å². The van der Waals surface area contributed by atoms with Crippen molar-refractivity contribution in [2.24, 2.45) is 0 Å². The summed E-state index contributed by atoms with van der Waals surface area (Å²) in [6, 6.07) is 5.43. The van der Waals surface area contributed by atoms with E-state index in [0.717, 1.165) is 0 Å². The van der Waals surface area contributed by atoms with E-state index in [-0.39, 0.29) is 11.5 Å². The molecule has 1 aromatic carbocycles. The summed E-state index contributed by atoms with van der Waals surface area (Å²) < 4.78 is 25.7. The molecule has 0 aliphatic carbocycles. The highest BCUT2D eigenvalue weighted by Gasteiger charge is 2.16. The van der Waals surface area contributed by atoms with E-state index in [1.807, 2.05) is 0 Å². The second-order valence-corrected chi connectivity index (χ2v) is 5.31. The van der Waals surface area contributed by atoms with E-state index in [2.05, 4.69) is 4.72 Å². The third-order valence-corrected chi connectivity index (χ3v) is 3.56. The predicted octanol–water partition coefficient (Wildman–Crippen LogP) is 0.999. The van der Waals surface area contributed by atoms with Crippen molar-refractivity contribution in [3.8, 4) is 0 Å². The molecule has 0 unspecified atom stereocenters. The van der Waals surface area contributed by atoms with E-state index >= 15 is 0 Å². The maximum atomic E-state index is 11.7. The van der Waals surface area contributed by atoms with Crippen molar-refractivity contribution in [3.63, 3.8) is 0 Å². The van der Waals surface area contributed by atoms with Gasteiger partial charge in [-0.05, 0) is 25.1 Å². The number of nitrogens with one attached hydrogen (secondary N) is 1. The van der Waals surface area contributed by atoms with Gasteiger partial charge in [0.05, 0.1) is 11.5 Å². The molecule has 0 saturated heterocycles. The molecule has 0 aliphatic rings. The number of aliphatic hydroxyl groups is 1. The van der Waals surface area contributed by atoms with Crippen molar-refractivity contribution in [2.75, 3.05) is 6.61 Å². The summed E-state index contributed by atoms with van der Waals surface area (Å²) in [4.78, 5) is 0.0929. The average Bonchev–Trinajstić information content (AvgIpc) is 2.17. The first kappa shape index (κ1) is 12.4. The molecule has 1 aromatic rings. The lowest BCUT2D eigenvalue weighted by Gasteiger charge is -2.11. The van der Waals surface area contributed by atoms with Crippen LogP contribution >= 0.6 is 11.6 Å². The zero-order valence-corrected chi connectivity index (χ0v) is 9.72. The minimum Gasteiger partial charge on any atom is -0.395 e. The number of aliphatic hydroxyl groups excluding tert-OH is 1. The molecule has 0 spiro atoms. The molecule has 0 heterocycles. The van der Waals surface area contributed by atoms with E-state index in [1.54, 1.807) is 19.1 Å². The fourth-order valence-electron chi connectivity index (χ4n) is 1.00. The summed E-state index contributed by atoms with van der Waals surface area (Å²) in [6.07, 6.45) is 0. The molecule has 0 aliphatic heterocycles. The molecule has 2 N–H and O–H groups in total. The number of hydrogen-bond acceptors (Lipinski definition) is 3. The van der Waals surface area contributed by atoms with Crippen molar-refractivity contribution in [1.82, 2.24) is 4.72 Å². The van der Waals surface area contributed by atoms with Crippen LogP contribution in [0.3, 0.4) is 0 Å². The van der Waals surface area contributed by atoms with Gasteiger partial charge in [0.15, 0.2) is 0 Å². The van der Waals surface area contributed by atoms with E-state index < -0.39 is 16.1 Å². The zero-order chi connectivity index (χ0) is 11.5. The van der Waals surface area contributed by atoms with Gasteiger partial charge in [0.1, 0.15) is 0 Å². The maximum absolute atomic E-state index is 11.7. The second kappa shape index (κ2) is 4.94. The molecular formula is C9H12ClNO3S. The smallest absolute Gasteiger partial charge is 0.240 e. The topological polar surface area (TPSA) is 66.4 Å². The molecule has 0 amide bonds. The first-order valence-electron chi connectivity index (χ1n) is 4.34. The Balaban J connectivity index is 2.96. The van der Waals surface area contributed by atoms with Crippen LogP contribution in [0.1, 0.15) is 6.92 Å². The summed E-state index contributed by atoms with van der Waals surface area (Å²) in [5.41, 5.74) is 0. The van der Waals surface area contributed by atoms with Crippen LogP contribution in [0.4, 0.5) is 0 Å². The summed E-state index contributed by atoms with van der Waals surface area (Å²) in [5, 5.41) is 9.10. The Bertz CT molecular complexity index is 433. The van der Waals surface area contributed by atoms with Crippen LogP contribution in [0.5, 0.6) is 0 Å². The van der Waals surface area contributed by atoms with Crippen molar-refractivity contribution in [3.05, 3.63) is 29.3 Å². The van der Waals surface area contributed by atoms with Crippen LogP contribution in [0.15, 0.2) is 29.2 Å². The Morgan fingerprint density at radius 2 is 2.20 bits per heavy atom. The average molecular weight is 250 g/mol. The highest BCUT2D eigenvalue weighted by molar-refractivity contribution is 7.89. The summed E-state index contributed by atoms with van der Waals surface area (Å²) in [5.74, 6) is 0. The monoisotopic (exact) mass is 249 g/mol.